The molecule has 0 unspecified atom stereocenters. The van der Waals surface area contributed by atoms with Crippen LogP contribution in [0.5, 0.6) is 0 Å². The molecule has 0 saturated carbocycles. The van der Waals surface area contributed by atoms with Gasteiger partial charge < -0.3 is 9.64 Å². The van der Waals surface area contributed by atoms with Crippen molar-refractivity contribution in [3.05, 3.63) is 75.3 Å². The number of aromatic nitrogens is 4. The lowest BCUT2D eigenvalue weighted by atomic mass is 10.2. The molecule has 1 aliphatic heterocycles. The van der Waals surface area contributed by atoms with E-state index >= 15 is 0 Å². The molecule has 0 bridgehead atoms. The fourth-order valence-electron chi connectivity index (χ4n) is 4.11. The van der Waals surface area contributed by atoms with Crippen molar-refractivity contribution in [1.29, 1.82) is 0 Å². The van der Waals surface area contributed by atoms with Gasteiger partial charge in [-0.25, -0.2) is 0 Å². The quantitative estimate of drug-likeness (QED) is 0.465. The average Bonchev–Trinajstić information content (AvgIpc) is 3.26. The van der Waals surface area contributed by atoms with Crippen LogP contribution in [0.15, 0.2) is 53.3 Å². The fourth-order valence-corrected chi connectivity index (χ4v) is 4.30. The van der Waals surface area contributed by atoms with Crippen molar-refractivity contribution in [2.75, 3.05) is 26.3 Å². The topological polar surface area (TPSA) is 81.7 Å². The largest absolute Gasteiger partial charge is 0.378 e. The van der Waals surface area contributed by atoms with Gasteiger partial charge in [-0.05, 0) is 23.8 Å². The lowest BCUT2D eigenvalue weighted by Gasteiger charge is -2.26. The number of ether oxygens (including phenoxy) is 1. The normalized spacial score (nSPS) is 14.3. The Hall–Kier alpha value is -3.23. The molecule has 0 radical (unpaired) electrons. The Kier molecular flexibility index (Phi) is 5.63. The highest BCUT2D eigenvalue weighted by Gasteiger charge is 2.20. The second-order valence-corrected chi connectivity index (χ2v) is 8.15. The number of amides is 1. The van der Waals surface area contributed by atoms with Gasteiger partial charge in [0.15, 0.2) is 0 Å². The van der Waals surface area contributed by atoms with Crippen LogP contribution >= 0.6 is 11.6 Å². The van der Waals surface area contributed by atoms with Crippen molar-refractivity contribution in [2.45, 2.75) is 19.4 Å². The van der Waals surface area contributed by atoms with E-state index in [9.17, 15) is 9.59 Å². The zero-order valence-corrected chi connectivity index (χ0v) is 18.2. The molecular formula is C23H22ClN5O3. The molecule has 1 amide bonds. The van der Waals surface area contributed by atoms with Crippen molar-refractivity contribution in [3.63, 3.8) is 0 Å². The van der Waals surface area contributed by atoms with Gasteiger partial charge in [0.05, 0.1) is 30.7 Å². The number of hydrogen-bond acceptors (Lipinski definition) is 5. The molecule has 32 heavy (non-hydrogen) atoms. The Bertz CT molecular complexity index is 1360. The van der Waals surface area contributed by atoms with Gasteiger partial charge in [-0.15, -0.1) is 10.2 Å². The molecule has 1 fully saturated rings. The van der Waals surface area contributed by atoms with Crippen LogP contribution in [0, 0.1) is 0 Å². The molecule has 5 rings (SSSR count). The molecule has 164 valence electrons. The van der Waals surface area contributed by atoms with E-state index in [1.807, 2.05) is 45.7 Å². The van der Waals surface area contributed by atoms with Gasteiger partial charge in [0.1, 0.15) is 5.82 Å². The molecule has 1 saturated heterocycles. The van der Waals surface area contributed by atoms with Gasteiger partial charge in [0.2, 0.25) is 11.7 Å². The smallest absolute Gasteiger partial charge is 0.263 e. The van der Waals surface area contributed by atoms with Crippen LogP contribution in [0.1, 0.15) is 17.8 Å². The molecule has 1 aliphatic rings. The second kappa shape index (κ2) is 8.72. The number of hydrogen-bond donors (Lipinski definition) is 0. The van der Waals surface area contributed by atoms with Gasteiger partial charge in [-0.1, -0.05) is 41.9 Å². The first kappa shape index (κ1) is 20.7. The van der Waals surface area contributed by atoms with E-state index in [2.05, 4.69) is 10.2 Å². The number of aryl methyl sites for hydroxylation is 1. The molecule has 8 nitrogen and oxygen atoms in total. The monoisotopic (exact) mass is 451 g/mol. The minimum atomic E-state index is -0.156. The highest BCUT2D eigenvalue weighted by atomic mass is 35.5. The first-order chi connectivity index (χ1) is 15.6. The molecule has 0 spiro atoms. The number of rotatable bonds is 5. The third-order valence-corrected chi connectivity index (χ3v) is 6.16. The summed E-state index contributed by atoms with van der Waals surface area (Å²) in [6.07, 6.45) is 0.740. The Morgan fingerprint density at radius 2 is 1.78 bits per heavy atom. The summed E-state index contributed by atoms with van der Waals surface area (Å²) < 4.78 is 8.79. The number of carbonyl (C=O) groups excluding carboxylic acids is 1. The van der Waals surface area contributed by atoms with Crippen LogP contribution in [-0.2, 0) is 22.5 Å². The van der Waals surface area contributed by atoms with Crippen LogP contribution < -0.4 is 5.56 Å². The van der Waals surface area contributed by atoms with Gasteiger partial charge in [-0.2, -0.15) is 0 Å². The number of fused-ring (bicyclic) bond motifs is 3. The minimum absolute atomic E-state index is 0.0683. The van der Waals surface area contributed by atoms with E-state index in [4.69, 9.17) is 16.3 Å². The predicted molar refractivity (Wildman–Crippen MR) is 121 cm³/mol. The van der Waals surface area contributed by atoms with Crippen LogP contribution in [0.25, 0.3) is 16.7 Å². The molecule has 9 heteroatoms. The third-order valence-electron chi connectivity index (χ3n) is 5.79. The number of carbonyl (C=O) groups is 1. The summed E-state index contributed by atoms with van der Waals surface area (Å²) in [4.78, 5) is 27.8. The standard InChI is InChI=1S/C23H22ClN5O3/c24-18-7-3-1-5-16(18)15-28-22(31)17-6-2-4-8-19(17)29-20(25-26-23(28)29)9-10-21(30)27-11-13-32-14-12-27/h1-8H,9-15H2. The van der Waals surface area contributed by atoms with Gasteiger partial charge >= 0.3 is 0 Å². The summed E-state index contributed by atoms with van der Waals surface area (Å²) in [6, 6.07) is 14.8. The average molecular weight is 452 g/mol. The number of para-hydroxylation sites is 1. The lowest BCUT2D eigenvalue weighted by molar-refractivity contribution is -0.135. The number of benzene rings is 2. The SMILES string of the molecule is O=C(CCc1nnc2n(Cc3ccccc3Cl)c(=O)c3ccccc3n12)N1CCOCC1. The van der Waals surface area contributed by atoms with Crippen LogP contribution in [0.4, 0.5) is 0 Å². The van der Waals surface area contributed by atoms with Gasteiger partial charge in [0, 0.05) is 31.0 Å². The first-order valence-electron chi connectivity index (χ1n) is 10.6. The van der Waals surface area contributed by atoms with Crippen LogP contribution in [-0.4, -0.2) is 56.3 Å². The zero-order valence-electron chi connectivity index (χ0n) is 17.4. The summed E-state index contributed by atoms with van der Waals surface area (Å²) in [5.74, 6) is 1.15. The lowest BCUT2D eigenvalue weighted by Crippen LogP contribution is -2.40. The summed E-state index contributed by atoms with van der Waals surface area (Å²) in [5.41, 5.74) is 1.39. The Morgan fingerprint density at radius 3 is 2.59 bits per heavy atom. The molecule has 4 aromatic rings. The summed E-state index contributed by atoms with van der Waals surface area (Å²) >= 11 is 6.35. The van der Waals surface area contributed by atoms with E-state index < -0.39 is 0 Å². The molecule has 0 N–H and O–H groups in total. The maximum Gasteiger partial charge on any atom is 0.263 e. The maximum absolute atomic E-state index is 13.3. The summed E-state index contributed by atoms with van der Waals surface area (Å²) in [5, 5.41) is 9.83. The highest BCUT2D eigenvalue weighted by Crippen LogP contribution is 2.20. The fraction of sp³-hybridized carbons (Fsp3) is 0.304. The number of nitrogens with zero attached hydrogens (tertiary/aromatic N) is 5. The molecule has 3 heterocycles. The number of morpholine rings is 1. The van der Waals surface area contributed by atoms with E-state index in [-0.39, 0.29) is 18.0 Å². The van der Waals surface area contributed by atoms with E-state index in [0.29, 0.717) is 61.2 Å². The second-order valence-electron chi connectivity index (χ2n) is 7.74. The summed E-state index contributed by atoms with van der Waals surface area (Å²) in [6.45, 7) is 2.63. The molecule has 2 aromatic carbocycles. The van der Waals surface area contributed by atoms with Crippen LogP contribution in [0.3, 0.4) is 0 Å². The predicted octanol–water partition coefficient (Wildman–Crippen LogP) is 2.54. The van der Waals surface area contributed by atoms with E-state index in [0.717, 1.165) is 11.1 Å². The van der Waals surface area contributed by atoms with Crippen molar-refractivity contribution < 1.29 is 9.53 Å². The van der Waals surface area contributed by atoms with Crippen molar-refractivity contribution in [1.82, 2.24) is 24.1 Å². The van der Waals surface area contributed by atoms with Crippen molar-refractivity contribution in [3.8, 4) is 0 Å². The number of halogens is 1. The molecule has 2 aromatic heterocycles. The third kappa shape index (κ3) is 3.76. The Balaban J connectivity index is 1.56. The first-order valence-corrected chi connectivity index (χ1v) is 11.0. The van der Waals surface area contributed by atoms with Gasteiger partial charge in [0.25, 0.3) is 5.56 Å². The van der Waals surface area contributed by atoms with Gasteiger partial charge in [-0.3, -0.25) is 18.6 Å². The zero-order chi connectivity index (χ0) is 22.1. The van der Waals surface area contributed by atoms with E-state index in [1.165, 1.54) is 0 Å². The Labute approximate surface area is 189 Å². The van der Waals surface area contributed by atoms with Crippen LogP contribution in [0.2, 0.25) is 5.02 Å². The van der Waals surface area contributed by atoms with E-state index in [1.54, 1.807) is 16.7 Å². The van der Waals surface area contributed by atoms with Crippen molar-refractivity contribution >= 4 is 34.2 Å². The summed E-state index contributed by atoms with van der Waals surface area (Å²) in [7, 11) is 0. The van der Waals surface area contributed by atoms with Crippen molar-refractivity contribution in [2.24, 2.45) is 0 Å². The highest BCUT2D eigenvalue weighted by molar-refractivity contribution is 6.31. The molecule has 0 atom stereocenters. The Morgan fingerprint density at radius 1 is 1.03 bits per heavy atom. The minimum Gasteiger partial charge on any atom is -0.378 e. The molecule has 0 aliphatic carbocycles. The maximum atomic E-state index is 13.3. The molecular weight excluding hydrogens is 430 g/mol.